The molecule has 1 N–H and O–H groups in total. The number of rotatable bonds is 3. The average molecular weight is 508 g/mol. The van der Waals surface area contributed by atoms with Crippen LogP contribution < -0.4 is 19.7 Å². The minimum Gasteiger partial charge on any atom is -0.454 e. The number of halogens is 1. The number of carbonyl (C=O) groups is 3. The molecule has 0 saturated carbocycles. The Hall–Kier alpha value is -3.85. The standard InChI is InChI=1S/C24H18BrN3O5/c1-13-9-15(14(2)27(13)18-7-8-20-21(11-18)33-12-32-20)10-19-22(29)26-24(31)28(23(19)30)17-5-3-16(25)4-6-17/h3-11H,12H2,1-2H3,(H,26,29,31)/b19-10+. The molecule has 2 aromatic carbocycles. The van der Waals surface area contributed by atoms with Crippen LogP contribution in [0.5, 0.6) is 11.5 Å². The van der Waals surface area contributed by atoms with Gasteiger partial charge in [0.25, 0.3) is 11.8 Å². The molecule has 1 fully saturated rings. The van der Waals surface area contributed by atoms with Gasteiger partial charge in [-0.1, -0.05) is 15.9 Å². The zero-order valence-electron chi connectivity index (χ0n) is 17.7. The van der Waals surface area contributed by atoms with Gasteiger partial charge >= 0.3 is 6.03 Å². The highest BCUT2D eigenvalue weighted by molar-refractivity contribution is 9.10. The van der Waals surface area contributed by atoms with Gasteiger partial charge in [0, 0.05) is 27.6 Å². The molecule has 0 aliphatic carbocycles. The van der Waals surface area contributed by atoms with Crippen molar-refractivity contribution in [2.24, 2.45) is 0 Å². The number of aromatic nitrogens is 1. The molecule has 0 unspecified atom stereocenters. The monoisotopic (exact) mass is 507 g/mol. The van der Waals surface area contributed by atoms with Gasteiger partial charge in [0.15, 0.2) is 11.5 Å². The Morgan fingerprint density at radius 2 is 1.64 bits per heavy atom. The van der Waals surface area contributed by atoms with Crippen LogP contribution >= 0.6 is 15.9 Å². The summed E-state index contributed by atoms with van der Waals surface area (Å²) in [6, 6.07) is 13.4. The molecule has 9 heteroatoms. The van der Waals surface area contributed by atoms with Crippen molar-refractivity contribution >= 4 is 45.5 Å². The minimum atomic E-state index is -0.782. The molecule has 0 atom stereocenters. The molecule has 1 aromatic heterocycles. The van der Waals surface area contributed by atoms with Crippen molar-refractivity contribution < 1.29 is 23.9 Å². The van der Waals surface area contributed by atoms with Gasteiger partial charge in [-0.25, -0.2) is 9.69 Å². The Balaban J connectivity index is 1.54. The Kier molecular flexibility index (Phi) is 5.05. The van der Waals surface area contributed by atoms with E-state index in [0.717, 1.165) is 26.4 Å². The van der Waals surface area contributed by atoms with Gasteiger partial charge in [-0.05, 0) is 68.0 Å². The Morgan fingerprint density at radius 1 is 0.939 bits per heavy atom. The number of nitrogens with zero attached hydrogens (tertiary/aromatic N) is 2. The smallest absolute Gasteiger partial charge is 0.335 e. The number of benzene rings is 2. The van der Waals surface area contributed by atoms with Gasteiger partial charge in [-0.2, -0.15) is 0 Å². The largest absolute Gasteiger partial charge is 0.454 e. The maximum atomic E-state index is 13.2. The number of imide groups is 2. The van der Waals surface area contributed by atoms with Crippen LogP contribution in [0, 0.1) is 13.8 Å². The summed E-state index contributed by atoms with van der Waals surface area (Å²) in [4.78, 5) is 39.1. The number of hydrogen-bond acceptors (Lipinski definition) is 5. The van der Waals surface area contributed by atoms with Crippen molar-refractivity contribution in [2.75, 3.05) is 11.7 Å². The third-order valence-electron chi connectivity index (χ3n) is 5.57. The molecule has 0 radical (unpaired) electrons. The highest BCUT2D eigenvalue weighted by Gasteiger charge is 2.37. The Labute approximate surface area is 197 Å². The zero-order chi connectivity index (χ0) is 23.3. The lowest BCUT2D eigenvalue weighted by Crippen LogP contribution is -2.54. The van der Waals surface area contributed by atoms with E-state index in [4.69, 9.17) is 9.47 Å². The van der Waals surface area contributed by atoms with E-state index in [1.165, 1.54) is 6.08 Å². The summed E-state index contributed by atoms with van der Waals surface area (Å²) in [5.41, 5.74) is 3.53. The van der Waals surface area contributed by atoms with Crippen molar-refractivity contribution in [3.8, 4) is 17.2 Å². The van der Waals surface area contributed by atoms with Crippen molar-refractivity contribution in [3.05, 3.63) is 75.5 Å². The van der Waals surface area contributed by atoms with Crippen LogP contribution in [0.3, 0.4) is 0 Å². The van der Waals surface area contributed by atoms with Crippen LogP contribution in [-0.2, 0) is 9.59 Å². The van der Waals surface area contributed by atoms with Crippen LogP contribution in [0.4, 0.5) is 10.5 Å². The number of fused-ring (bicyclic) bond motifs is 1. The van der Waals surface area contributed by atoms with Crippen molar-refractivity contribution in [3.63, 3.8) is 0 Å². The maximum Gasteiger partial charge on any atom is 0.335 e. The third kappa shape index (κ3) is 3.60. The van der Waals surface area contributed by atoms with Gasteiger partial charge in [-0.15, -0.1) is 0 Å². The first-order valence-corrected chi connectivity index (χ1v) is 10.9. The lowest BCUT2D eigenvalue weighted by Gasteiger charge is -2.26. The molecule has 5 rings (SSSR count). The van der Waals surface area contributed by atoms with E-state index in [1.807, 2.05) is 42.7 Å². The minimum absolute atomic E-state index is 0.122. The van der Waals surface area contributed by atoms with E-state index < -0.39 is 17.8 Å². The fourth-order valence-electron chi connectivity index (χ4n) is 3.99. The van der Waals surface area contributed by atoms with Gasteiger partial charge in [0.2, 0.25) is 6.79 Å². The lowest BCUT2D eigenvalue weighted by atomic mass is 10.1. The second kappa shape index (κ2) is 7.93. The van der Waals surface area contributed by atoms with Crippen molar-refractivity contribution in [1.29, 1.82) is 0 Å². The summed E-state index contributed by atoms with van der Waals surface area (Å²) in [7, 11) is 0. The average Bonchev–Trinajstić information content (AvgIpc) is 3.35. The zero-order valence-corrected chi connectivity index (χ0v) is 19.3. The molecule has 8 nitrogen and oxygen atoms in total. The van der Waals surface area contributed by atoms with Gasteiger partial charge in [0.1, 0.15) is 5.57 Å². The highest BCUT2D eigenvalue weighted by Crippen LogP contribution is 2.35. The number of hydrogen-bond donors (Lipinski definition) is 1. The predicted molar refractivity (Wildman–Crippen MR) is 125 cm³/mol. The highest BCUT2D eigenvalue weighted by atomic mass is 79.9. The van der Waals surface area contributed by atoms with Crippen LogP contribution in [0.15, 0.2) is 58.6 Å². The predicted octanol–water partition coefficient (Wildman–Crippen LogP) is 4.25. The summed E-state index contributed by atoms with van der Waals surface area (Å²) < 4.78 is 13.7. The van der Waals surface area contributed by atoms with Gasteiger partial charge in [0.05, 0.1) is 5.69 Å². The van der Waals surface area contributed by atoms with E-state index in [9.17, 15) is 14.4 Å². The molecule has 1 saturated heterocycles. The molecular weight excluding hydrogens is 490 g/mol. The number of barbiturate groups is 1. The quantitative estimate of drug-likeness (QED) is 0.422. The molecule has 2 aliphatic rings. The fraction of sp³-hybridized carbons (Fsp3) is 0.125. The molecule has 3 heterocycles. The Morgan fingerprint density at radius 3 is 2.39 bits per heavy atom. The summed E-state index contributed by atoms with van der Waals surface area (Å²) in [6.45, 7) is 4.01. The molecule has 2 aliphatic heterocycles. The second-order valence-electron chi connectivity index (χ2n) is 7.63. The van der Waals surface area contributed by atoms with Crippen LogP contribution in [0.25, 0.3) is 11.8 Å². The molecular formula is C24H18BrN3O5. The summed E-state index contributed by atoms with van der Waals surface area (Å²) in [5.74, 6) is -0.0682. The topological polar surface area (TPSA) is 89.9 Å². The van der Waals surface area contributed by atoms with E-state index >= 15 is 0 Å². The van der Waals surface area contributed by atoms with Crippen LogP contribution in [0.1, 0.15) is 17.0 Å². The molecule has 4 amide bonds. The van der Waals surface area contributed by atoms with Crippen molar-refractivity contribution in [1.82, 2.24) is 9.88 Å². The number of aryl methyl sites for hydroxylation is 1. The van der Waals surface area contributed by atoms with Crippen LogP contribution in [0.2, 0.25) is 0 Å². The maximum absolute atomic E-state index is 13.2. The van der Waals surface area contributed by atoms with E-state index in [0.29, 0.717) is 22.7 Å². The fourth-order valence-corrected chi connectivity index (χ4v) is 4.26. The molecule has 3 aromatic rings. The number of urea groups is 1. The first-order valence-electron chi connectivity index (χ1n) is 10.1. The summed E-state index contributed by atoms with van der Waals surface area (Å²) >= 11 is 3.33. The van der Waals surface area contributed by atoms with Crippen molar-refractivity contribution in [2.45, 2.75) is 13.8 Å². The molecule has 0 spiro atoms. The number of ether oxygens (including phenoxy) is 2. The first-order chi connectivity index (χ1) is 15.8. The number of amides is 4. The molecule has 33 heavy (non-hydrogen) atoms. The van der Waals surface area contributed by atoms with Crippen LogP contribution in [-0.4, -0.2) is 29.2 Å². The second-order valence-corrected chi connectivity index (χ2v) is 8.55. The first kappa shape index (κ1) is 21.0. The number of carbonyl (C=O) groups excluding carboxylic acids is 3. The van der Waals surface area contributed by atoms with E-state index in [-0.39, 0.29) is 12.4 Å². The number of nitrogens with one attached hydrogen (secondary N) is 1. The SMILES string of the molecule is Cc1cc(/C=C2\C(=O)NC(=O)N(c3ccc(Br)cc3)C2=O)c(C)n1-c1ccc2c(c1)OCO2. The molecule has 0 bridgehead atoms. The Bertz CT molecular complexity index is 1360. The summed E-state index contributed by atoms with van der Waals surface area (Å²) in [5, 5.41) is 2.25. The number of anilines is 1. The summed E-state index contributed by atoms with van der Waals surface area (Å²) in [6.07, 6.45) is 1.52. The van der Waals surface area contributed by atoms with Gasteiger partial charge < -0.3 is 14.0 Å². The van der Waals surface area contributed by atoms with Gasteiger partial charge in [-0.3, -0.25) is 14.9 Å². The lowest BCUT2D eigenvalue weighted by molar-refractivity contribution is -0.122. The van der Waals surface area contributed by atoms with E-state index in [1.54, 1.807) is 24.3 Å². The molecule has 166 valence electrons. The third-order valence-corrected chi connectivity index (χ3v) is 6.10. The normalized spacial score (nSPS) is 16.5. The van der Waals surface area contributed by atoms with E-state index in [2.05, 4.69) is 21.2 Å².